The highest BCUT2D eigenvalue weighted by Gasteiger charge is 2.25. The summed E-state index contributed by atoms with van der Waals surface area (Å²) in [5.74, 6) is -0.547. The number of sulfonamides is 1. The van der Waals surface area contributed by atoms with Crippen molar-refractivity contribution in [3.05, 3.63) is 88.0 Å². The molecule has 0 aromatic heterocycles. The van der Waals surface area contributed by atoms with Gasteiger partial charge >= 0.3 is 7.12 Å². The molecule has 0 spiro atoms. The molecule has 0 radical (unpaired) electrons. The zero-order valence-electron chi connectivity index (χ0n) is 24.7. The first-order valence-corrected chi connectivity index (χ1v) is 16.3. The monoisotopic (exact) mass is 637 g/mol. The van der Waals surface area contributed by atoms with Gasteiger partial charge in [0.05, 0.1) is 9.82 Å². The van der Waals surface area contributed by atoms with E-state index in [1.807, 2.05) is 16.9 Å². The van der Waals surface area contributed by atoms with E-state index < -0.39 is 33.7 Å². The second kappa shape index (κ2) is 14.4. The second-order valence-electron chi connectivity index (χ2n) is 11.2. The van der Waals surface area contributed by atoms with Crippen LogP contribution >= 0.6 is 0 Å². The van der Waals surface area contributed by atoms with Gasteiger partial charge in [0.25, 0.3) is 21.6 Å². The summed E-state index contributed by atoms with van der Waals surface area (Å²) in [4.78, 5) is 28.0. The van der Waals surface area contributed by atoms with Gasteiger partial charge in [-0.25, -0.2) is 13.1 Å². The van der Waals surface area contributed by atoms with Crippen LogP contribution in [0.15, 0.2) is 71.6 Å². The number of nitro benzene ring substituents is 1. The van der Waals surface area contributed by atoms with Gasteiger partial charge in [0.1, 0.15) is 5.69 Å². The van der Waals surface area contributed by atoms with E-state index in [-0.39, 0.29) is 16.1 Å². The molecule has 0 unspecified atom stereocenters. The smallest absolute Gasteiger partial charge is 0.423 e. The summed E-state index contributed by atoms with van der Waals surface area (Å²) in [6.07, 6.45) is 1.68. The minimum absolute atomic E-state index is 0.129. The summed E-state index contributed by atoms with van der Waals surface area (Å²) in [5, 5.41) is 34.1. The Morgan fingerprint density at radius 1 is 1.00 bits per heavy atom. The van der Waals surface area contributed by atoms with Gasteiger partial charge in [-0.1, -0.05) is 24.3 Å². The first kappa shape index (κ1) is 32.4. The second-order valence-corrected chi connectivity index (χ2v) is 12.9. The molecule has 3 aromatic carbocycles. The van der Waals surface area contributed by atoms with Crippen LogP contribution in [0.25, 0.3) is 0 Å². The van der Waals surface area contributed by atoms with Crippen LogP contribution in [0.1, 0.15) is 28.8 Å². The molecular weight excluding hydrogens is 601 g/mol. The molecule has 4 N–H and O–H groups in total. The number of nitro groups is 1. The van der Waals surface area contributed by atoms with Gasteiger partial charge in [0.15, 0.2) is 0 Å². The highest BCUT2D eigenvalue weighted by atomic mass is 32.2. The molecule has 5 rings (SSSR count). The molecule has 2 aliphatic rings. The van der Waals surface area contributed by atoms with E-state index in [9.17, 15) is 33.4 Å². The molecule has 2 saturated heterocycles. The van der Waals surface area contributed by atoms with Gasteiger partial charge in [-0.05, 0) is 66.2 Å². The maximum Gasteiger partial charge on any atom is 0.488 e. The molecule has 2 fully saturated rings. The minimum atomic E-state index is -4.38. The molecular formula is C30H36BN5O8S. The Hall–Kier alpha value is -4.02. The third-order valence-corrected chi connectivity index (χ3v) is 9.55. The summed E-state index contributed by atoms with van der Waals surface area (Å²) in [6, 6.07) is 17.3. The zero-order chi connectivity index (χ0) is 32.0. The molecule has 45 heavy (non-hydrogen) atoms. The molecule has 15 heteroatoms. The average Bonchev–Trinajstić information content (AvgIpc) is 3.04. The first-order valence-electron chi connectivity index (χ1n) is 14.8. The number of carbonyl (C=O) groups excluding carboxylic acids is 1. The lowest BCUT2D eigenvalue weighted by Crippen LogP contribution is -2.47. The molecule has 2 aliphatic heterocycles. The average molecular weight is 638 g/mol. The summed E-state index contributed by atoms with van der Waals surface area (Å²) in [6.45, 7) is 5.28. The van der Waals surface area contributed by atoms with E-state index in [1.54, 1.807) is 24.3 Å². The fourth-order valence-electron chi connectivity index (χ4n) is 5.58. The Kier molecular flexibility index (Phi) is 10.4. The van der Waals surface area contributed by atoms with Crippen LogP contribution in [-0.2, 0) is 21.3 Å². The lowest BCUT2D eigenvalue weighted by Gasteiger charge is -2.36. The van der Waals surface area contributed by atoms with Crippen molar-refractivity contribution in [1.82, 2.24) is 9.62 Å². The Labute approximate surface area is 262 Å². The number of benzene rings is 3. The number of anilines is 2. The van der Waals surface area contributed by atoms with Crippen molar-refractivity contribution < 1.29 is 32.9 Å². The van der Waals surface area contributed by atoms with Crippen LogP contribution in [0, 0.1) is 16.0 Å². The van der Waals surface area contributed by atoms with E-state index >= 15 is 0 Å². The highest BCUT2D eigenvalue weighted by molar-refractivity contribution is 7.90. The molecule has 2 heterocycles. The Bertz CT molecular complexity index is 1610. The standard InChI is InChI=1S/C30H36BN5O8S/c37-30(33-45(42,43)26-9-10-28(29(19-26)36(40)41)32-20-22-11-17-44-18-12-22)23-5-7-25(8-6-23)35-15-13-34(14-16-35)21-24-3-1-2-4-27(24)31(38)39/h1-10,19,22,32,38-39H,11-18,20-21H2,(H,33,37). The molecule has 13 nitrogen and oxygen atoms in total. The number of ether oxygens (including phenoxy) is 1. The number of nitrogens with zero attached hydrogens (tertiary/aromatic N) is 3. The Morgan fingerprint density at radius 3 is 2.36 bits per heavy atom. The normalized spacial score (nSPS) is 16.3. The number of nitrogens with one attached hydrogen (secondary N) is 2. The van der Waals surface area contributed by atoms with Crippen LogP contribution in [0.5, 0.6) is 0 Å². The fraction of sp³-hybridized carbons (Fsp3) is 0.367. The highest BCUT2D eigenvalue weighted by Crippen LogP contribution is 2.29. The molecule has 3 aromatic rings. The van der Waals surface area contributed by atoms with Crippen molar-refractivity contribution in [3.8, 4) is 0 Å². The predicted octanol–water partition coefficient (Wildman–Crippen LogP) is 1.55. The fourth-order valence-corrected chi connectivity index (χ4v) is 6.58. The van der Waals surface area contributed by atoms with Crippen molar-refractivity contribution in [2.24, 2.45) is 5.92 Å². The SMILES string of the molecule is O=C(NS(=O)(=O)c1ccc(NCC2CCOCC2)c([N+](=O)[O-])c1)c1ccc(N2CCN(Cc3ccccc3B(O)O)CC2)cc1. The van der Waals surface area contributed by atoms with Gasteiger partial charge in [-0.2, -0.15) is 0 Å². The van der Waals surface area contributed by atoms with Crippen LogP contribution in [0.2, 0.25) is 0 Å². The molecule has 0 saturated carbocycles. The molecule has 0 aliphatic carbocycles. The maximum atomic E-state index is 13.0. The van der Waals surface area contributed by atoms with Gasteiger partial charge in [0.2, 0.25) is 0 Å². The molecule has 0 bridgehead atoms. The van der Waals surface area contributed by atoms with Crippen molar-refractivity contribution in [2.75, 3.05) is 56.2 Å². The first-order chi connectivity index (χ1) is 21.6. The summed E-state index contributed by atoms with van der Waals surface area (Å²) in [5.41, 5.74) is 2.17. The minimum Gasteiger partial charge on any atom is -0.423 e. The number of amides is 1. The van der Waals surface area contributed by atoms with E-state index in [0.717, 1.165) is 43.2 Å². The van der Waals surface area contributed by atoms with Crippen LogP contribution in [0.3, 0.4) is 0 Å². The van der Waals surface area contributed by atoms with Crippen molar-refractivity contribution >= 4 is 45.6 Å². The summed E-state index contributed by atoms with van der Waals surface area (Å²) >= 11 is 0. The van der Waals surface area contributed by atoms with E-state index in [4.69, 9.17) is 4.74 Å². The number of piperazine rings is 1. The quantitative estimate of drug-likeness (QED) is 0.136. The van der Waals surface area contributed by atoms with Gasteiger partial charge in [0, 0.05) is 69.8 Å². The van der Waals surface area contributed by atoms with Gasteiger partial charge < -0.3 is 25.0 Å². The van der Waals surface area contributed by atoms with E-state index in [1.165, 1.54) is 24.3 Å². The topological polar surface area (TPSA) is 175 Å². The van der Waals surface area contributed by atoms with Crippen LogP contribution in [-0.4, -0.2) is 87.3 Å². The van der Waals surface area contributed by atoms with Crippen LogP contribution in [0.4, 0.5) is 17.1 Å². The van der Waals surface area contributed by atoms with Crippen LogP contribution < -0.4 is 20.4 Å². The third kappa shape index (κ3) is 8.18. The van der Waals surface area contributed by atoms with Crippen molar-refractivity contribution in [3.63, 3.8) is 0 Å². The summed E-state index contributed by atoms with van der Waals surface area (Å²) in [7, 11) is -5.91. The van der Waals surface area contributed by atoms with Gasteiger partial charge in [-0.15, -0.1) is 0 Å². The Morgan fingerprint density at radius 2 is 1.69 bits per heavy atom. The predicted molar refractivity (Wildman–Crippen MR) is 170 cm³/mol. The summed E-state index contributed by atoms with van der Waals surface area (Å²) < 4.78 is 33.4. The Balaban J connectivity index is 1.17. The largest absolute Gasteiger partial charge is 0.488 e. The third-order valence-electron chi connectivity index (χ3n) is 8.22. The number of hydrogen-bond donors (Lipinski definition) is 4. The van der Waals surface area contributed by atoms with Crippen molar-refractivity contribution in [2.45, 2.75) is 24.3 Å². The van der Waals surface area contributed by atoms with E-state index in [0.29, 0.717) is 50.8 Å². The lowest BCUT2D eigenvalue weighted by molar-refractivity contribution is -0.384. The maximum absolute atomic E-state index is 13.0. The number of rotatable bonds is 11. The number of carbonyl (C=O) groups is 1. The molecule has 238 valence electrons. The molecule has 1 amide bonds. The van der Waals surface area contributed by atoms with Gasteiger partial charge in [-0.3, -0.25) is 19.8 Å². The lowest BCUT2D eigenvalue weighted by atomic mass is 9.77. The zero-order valence-corrected chi connectivity index (χ0v) is 25.5. The van der Waals surface area contributed by atoms with Crippen molar-refractivity contribution in [1.29, 1.82) is 0 Å². The number of hydrogen-bond acceptors (Lipinski definition) is 11. The van der Waals surface area contributed by atoms with E-state index in [2.05, 4.69) is 15.1 Å². The molecule has 0 atom stereocenters.